The first-order chi connectivity index (χ1) is 7.74. The van der Waals surface area contributed by atoms with Crippen LogP contribution in [0.15, 0.2) is 28.8 Å². The smallest absolute Gasteiger partial charge is 0.252 e. The van der Waals surface area contributed by atoms with Gasteiger partial charge in [-0.15, -0.1) is 0 Å². The maximum absolute atomic E-state index is 5.58. The fourth-order valence-corrected chi connectivity index (χ4v) is 1.27. The fourth-order valence-electron chi connectivity index (χ4n) is 1.27. The van der Waals surface area contributed by atoms with E-state index < -0.39 is 0 Å². The number of nitrogen functional groups attached to an aromatic ring is 1. The molecule has 0 atom stereocenters. The largest absolute Gasteiger partial charge is 0.399 e. The number of anilines is 1. The van der Waals surface area contributed by atoms with Crippen LogP contribution in [0.25, 0.3) is 0 Å². The Kier molecular flexibility index (Phi) is 3.16. The van der Waals surface area contributed by atoms with Crippen molar-refractivity contribution in [1.82, 2.24) is 10.1 Å². The molecule has 5 nitrogen and oxygen atoms in total. The Labute approximate surface area is 93.2 Å². The molecule has 0 unspecified atom stereocenters. The van der Waals surface area contributed by atoms with Crippen LogP contribution in [0.5, 0.6) is 0 Å². The zero-order valence-corrected chi connectivity index (χ0v) is 9.01. The first-order valence-electron chi connectivity index (χ1n) is 4.95. The summed E-state index contributed by atoms with van der Waals surface area (Å²) in [6.07, 6.45) is 0. The molecule has 0 aliphatic carbocycles. The van der Waals surface area contributed by atoms with Gasteiger partial charge in [0.15, 0.2) is 5.82 Å². The van der Waals surface area contributed by atoms with Crippen LogP contribution >= 0.6 is 0 Å². The van der Waals surface area contributed by atoms with Gasteiger partial charge in [-0.05, 0) is 24.6 Å². The normalized spacial score (nSPS) is 10.6. The van der Waals surface area contributed by atoms with Crippen LogP contribution in [0.1, 0.15) is 17.3 Å². The van der Waals surface area contributed by atoms with Gasteiger partial charge in [0.05, 0.1) is 6.61 Å². The SMILES string of the molecule is Cc1noc(COCc2ccc(N)cc2)n1. The van der Waals surface area contributed by atoms with Gasteiger partial charge in [-0.2, -0.15) is 4.98 Å². The molecule has 1 heterocycles. The van der Waals surface area contributed by atoms with Crippen molar-refractivity contribution >= 4 is 5.69 Å². The molecule has 0 spiro atoms. The lowest BCUT2D eigenvalue weighted by Crippen LogP contribution is -1.95. The lowest BCUT2D eigenvalue weighted by molar-refractivity contribution is 0.0850. The summed E-state index contributed by atoms with van der Waals surface area (Å²) in [7, 11) is 0. The highest BCUT2D eigenvalue weighted by Gasteiger charge is 2.02. The topological polar surface area (TPSA) is 74.2 Å². The molecule has 0 amide bonds. The molecule has 0 saturated heterocycles. The number of rotatable bonds is 4. The Morgan fingerprint density at radius 3 is 2.62 bits per heavy atom. The molecule has 5 heteroatoms. The quantitative estimate of drug-likeness (QED) is 0.792. The number of hydrogen-bond donors (Lipinski definition) is 1. The van der Waals surface area contributed by atoms with E-state index >= 15 is 0 Å². The molecule has 0 bridgehead atoms. The molecular formula is C11H13N3O2. The number of aromatic nitrogens is 2. The van der Waals surface area contributed by atoms with Crippen molar-refractivity contribution in [2.45, 2.75) is 20.1 Å². The van der Waals surface area contributed by atoms with Gasteiger partial charge in [0.1, 0.15) is 6.61 Å². The van der Waals surface area contributed by atoms with E-state index in [1.54, 1.807) is 6.92 Å². The number of nitrogens with two attached hydrogens (primary N) is 1. The van der Waals surface area contributed by atoms with Gasteiger partial charge in [0.2, 0.25) is 0 Å². The summed E-state index contributed by atoms with van der Waals surface area (Å²) in [4.78, 5) is 4.03. The Bertz CT molecular complexity index is 451. The lowest BCUT2D eigenvalue weighted by Gasteiger charge is -2.01. The highest BCUT2D eigenvalue weighted by molar-refractivity contribution is 5.39. The summed E-state index contributed by atoms with van der Waals surface area (Å²) in [5.74, 6) is 1.11. The second-order valence-electron chi connectivity index (χ2n) is 3.47. The number of ether oxygens (including phenoxy) is 1. The predicted octanol–water partition coefficient (Wildman–Crippen LogP) is 1.68. The van der Waals surface area contributed by atoms with E-state index in [2.05, 4.69) is 10.1 Å². The molecule has 84 valence electrons. The third-order valence-corrected chi connectivity index (χ3v) is 2.04. The standard InChI is InChI=1S/C11H13N3O2/c1-8-13-11(16-14-8)7-15-6-9-2-4-10(12)5-3-9/h2-5H,6-7,12H2,1H3. The van der Waals surface area contributed by atoms with Crippen LogP contribution in [-0.2, 0) is 18.0 Å². The predicted molar refractivity (Wildman–Crippen MR) is 58.4 cm³/mol. The van der Waals surface area contributed by atoms with E-state index in [1.165, 1.54) is 0 Å². The lowest BCUT2D eigenvalue weighted by atomic mass is 10.2. The van der Waals surface area contributed by atoms with Crippen molar-refractivity contribution in [2.75, 3.05) is 5.73 Å². The van der Waals surface area contributed by atoms with Crippen LogP contribution in [0.2, 0.25) is 0 Å². The number of aryl methyl sites for hydroxylation is 1. The molecule has 1 aromatic heterocycles. The van der Waals surface area contributed by atoms with Gasteiger partial charge < -0.3 is 15.0 Å². The van der Waals surface area contributed by atoms with E-state index in [0.29, 0.717) is 24.9 Å². The molecule has 0 radical (unpaired) electrons. The minimum Gasteiger partial charge on any atom is -0.399 e. The van der Waals surface area contributed by atoms with Crippen molar-refractivity contribution in [3.05, 3.63) is 41.5 Å². The van der Waals surface area contributed by atoms with Crippen LogP contribution in [0.4, 0.5) is 5.69 Å². The molecule has 0 saturated carbocycles. The molecule has 16 heavy (non-hydrogen) atoms. The van der Waals surface area contributed by atoms with E-state index in [4.69, 9.17) is 15.0 Å². The zero-order valence-electron chi connectivity index (χ0n) is 9.01. The second-order valence-corrected chi connectivity index (χ2v) is 3.47. The van der Waals surface area contributed by atoms with Crippen LogP contribution in [-0.4, -0.2) is 10.1 Å². The van der Waals surface area contributed by atoms with Gasteiger partial charge in [-0.1, -0.05) is 17.3 Å². The van der Waals surface area contributed by atoms with Gasteiger partial charge in [0.25, 0.3) is 5.89 Å². The molecule has 2 N–H and O–H groups in total. The molecule has 1 aromatic carbocycles. The van der Waals surface area contributed by atoms with Gasteiger partial charge in [0, 0.05) is 5.69 Å². The van der Waals surface area contributed by atoms with Gasteiger partial charge in [-0.25, -0.2) is 0 Å². The van der Waals surface area contributed by atoms with Crippen molar-refractivity contribution in [2.24, 2.45) is 0 Å². The van der Waals surface area contributed by atoms with Gasteiger partial charge >= 0.3 is 0 Å². The first kappa shape index (κ1) is 10.6. The van der Waals surface area contributed by atoms with Crippen LogP contribution in [0, 0.1) is 6.92 Å². The Morgan fingerprint density at radius 2 is 2.00 bits per heavy atom. The zero-order chi connectivity index (χ0) is 11.4. The Hall–Kier alpha value is -1.88. The molecule has 2 rings (SSSR count). The van der Waals surface area contributed by atoms with Crippen LogP contribution in [0.3, 0.4) is 0 Å². The average molecular weight is 219 g/mol. The van der Waals surface area contributed by atoms with Crippen LogP contribution < -0.4 is 5.73 Å². The van der Waals surface area contributed by atoms with E-state index in [0.717, 1.165) is 11.3 Å². The highest BCUT2D eigenvalue weighted by Crippen LogP contribution is 2.08. The Morgan fingerprint density at radius 1 is 1.25 bits per heavy atom. The monoisotopic (exact) mass is 219 g/mol. The van der Waals surface area contributed by atoms with Crippen molar-refractivity contribution < 1.29 is 9.26 Å². The average Bonchev–Trinajstić information content (AvgIpc) is 2.67. The molecule has 2 aromatic rings. The maximum Gasteiger partial charge on any atom is 0.252 e. The minimum atomic E-state index is 0.325. The van der Waals surface area contributed by atoms with Crippen molar-refractivity contribution in [3.8, 4) is 0 Å². The third kappa shape index (κ3) is 2.80. The summed E-state index contributed by atoms with van der Waals surface area (Å²) in [6, 6.07) is 7.54. The third-order valence-electron chi connectivity index (χ3n) is 2.04. The second kappa shape index (κ2) is 4.76. The molecule has 0 aliphatic heterocycles. The number of benzene rings is 1. The summed E-state index contributed by atoms with van der Waals surface area (Å²) >= 11 is 0. The van der Waals surface area contributed by atoms with Gasteiger partial charge in [-0.3, -0.25) is 0 Å². The Balaban J connectivity index is 1.82. The number of nitrogens with zero attached hydrogens (tertiary/aromatic N) is 2. The summed E-state index contributed by atoms with van der Waals surface area (Å²) in [5, 5.41) is 3.67. The summed E-state index contributed by atoms with van der Waals surface area (Å²) < 4.78 is 10.3. The first-order valence-corrected chi connectivity index (χ1v) is 4.95. The summed E-state index contributed by atoms with van der Waals surface area (Å²) in [5.41, 5.74) is 7.38. The molecule has 0 fully saturated rings. The van der Waals surface area contributed by atoms with E-state index in [-0.39, 0.29) is 0 Å². The van der Waals surface area contributed by atoms with Crippen molar-refractivity contribution in [3.63, 3.8) is 0 Å². The van der Waals surface area contributed by atoms with E-state index in [1.807, 2.05) is 24.3 Å². The molecule has 0 aliphatic rings. The summed E-state index contributed by atoms with van der Waals surface area (Å²) in [6.45, 7) is 2.60. The molecular weight excluding hydrogens is 206 g/mol. The number of hydrogen-bond acceptors (Lipinski definition) is 5. The van der Waals surface area contributed by atoms with Crippen molar-refractivity contribution in [1.29, 1.82) is 0 Å². The maximum atomic E-state index is 5.58. The fraction of sp³-hybridized carbons (Fsp3) is 0.273. The minimum absolute atomic E-state index is 0.325. The van der Waals surface area contributed by atoms with E-state index in [9.17, 15) is 0 Å². The highest BCUT2D eigenvalue weighted by atomic mass is 16.5.